The van der Waals surface area contributed by atoms with Crippen LogP contribution in [0.15, 0.2) is 54.6 Å². The zero-order chi connectivity index (χ0) is 19.1. The molecule has 2 nitrogen and oxygen atoms in total. The molecule has 0 bridgehead atoms. The lowest BCUT2D eigenvalue weighted by molar-refractivity contribution is 0.466. The molecular formula is C25H30O2. The quantitative estimate of drug-likeness (QED) is 0.503. The van der Waals surface area contributed by atoms with Crippen LogP contribution in [0, 0.1) is 0 Å². The number of aryl methyl sites for hydroxylation is 1. The monoisotopic (exact) mass is 362 g/mol. The minimum Gasteiger partial charge on any atom is -0.508 e. The Kier molecular flexibility index (Phi) is 6.75. The zero-order valence-corrected chi connectivity index (χ0v) is 16.2. The normalized spacial score (nSPS) is 14.0. The van der Waals surface area contributed by atoms with Gasteiger partial charge in [0.2, 0.25) is 0 Å². The minimum atomic E-state index is 0.303. The lowest BCUT2D eigenvalue weighted by Gasteiger charge is -2.16. The standard InChI is InChI=1S/C25H30O2/c1-2-3-4-5-6-7-23-18-22(14-17-25(23)27)21-10-8-19(9-11-21)20-12-15-24(26)16-13-20/h8,10,12-18,26-27H,2-7,9,11H2,1H3. The number of benzene rings is 2. The van der Waals surface area contributed by atoms with Gasteiger partial charge in [0.25, 0.3) is 0 Å². The van der Waals surface area contributed by atoms with Crippen LogP contribution < -0.4 is 0 Å². The van der Waals surface area contributed by atoms with Gasteiger partial charge in [0.1, 0.15) is 11.5 Å². The predicted octanol–water partition coefficient (Wildman–Crippen LogP) is 6.87. The van der Waals surface area contributed by atoms with E-state index in [1.807, 2.05) is 24.3 Å². The molecule has 0 heterocycles. The van der Waals surface area contributed by atoms with Gasteiger partial charge in [-0.05, 0) is 77.8 Å². The Balaban J connectivity index is 1.69. The van der Waals surface area contributed by atoms with Gasteiger partial charge in [-0.25, -0.2) is 0 Å². The van der Waals surface area contributed by atoms with Crippen molar-refractivity contribution in [1.82, 2.24) is 0 Å². The maximum atomic E-state index is 10.2. The average molecular weight is 363 g/mol. The molecule has 0 atom stereocenters. The maximum absolute atomic E-state index is 10.2. The fourth-order valence-corrected chi connectivity index (χ4v) is 3.70. The van der Waals surface area contributed by atoms with E-state index in [1.165, 1.54) is 48.0 Å². The van der Waals surface area contributed by atoms with Gasteiger partial charge in [-0.2, -0.15) is 0 Å². The van der Waals surface area contributed by atoms with Gasteiger partial charge in [-0.3, -0.25) is 0 Å². The highest BCUT2D eigenvalue weighted by Gasteiger charge is 2.12. The van der Waals surface area contributed by atoms with Gasteiger partial charge in [-0.1, -0.05) is 63.0 Å². The summed E-state index contributed by atoms with van der Waals surface area (Å²) in [5.74, 6) is 0.726. The summed E-state index contributed by atoms with van der Waals surface area (Å²) in [6, 6.07) is 13.5. The van der Waals surface area contributed by atoms with Crippen molar-refractivity contribution in [1.29, 1.82) is 0 Å². The zero-order valence-electron chi connectivity index (χ0n) is 16.2. The summed E-state index contributed by atoms with van der Waals surface area (Å²) in [6.45, 7) is 2.23. The SMILES string of the molecule is CCCCCCCc1cc(C2=CC=C(c3ccc(O)cc3)CC2)ccc1O. The van der Waals surface area contributed by atoms with Crippen molar-refractivity contribution in [3.8, 4) is 11.5 Å². The number of rotatable bonds is 8. The molecule has 0 unspecified atom stereocenters. The molecule has 1 aliphatic rings. The van der Waals surface area contributed by atoms with E-state index in [1.54, 1.807) is 12.1 Å². The summed E-state index contributed by atoms with van der Waals surface area (Å²) < 4.78 is 0. The van der Waals surface area contributed by atoms with Crippen LogP contribution in [-0.2, 0) is 6.42 Å². The molecule has 0 amide bonds. The van der Waals surface area contributed by atoms with E-state index in [-0.39, 0.29) is 0 Å². The smallest absolute Gasteiger partial charge is 0.118 e. The van der Waals surface area contributed by atoms with Crippen LogP contribution in [0.2, 0.25) is 0 Å². The molecule has 3 rings (SSSR count). The van der Waals surface area contributed by atoms with E-state index in [4.69, 9.17) is 0 Å². The molecule has 2 N–H and O–H groups in total. The molecule has 0 aliphatic heterocycles. The van der Waals surface area contributed by atoms with Crippen LogP contribution in [0.25, 0.3) is 11.1 Å². The second kappa shape index (κ2) is 9.45. The molecule has 27 heavy (non-hydrogen) atoms. The Bertz CT molecular complexity index is 813. The Morgan fingerprint density at radius 2 is 1.37 bits per heavy atom. The second-order valence-corrected chi connectivity index (χ2v) is 7.44. The lowest BCUT2D eigenvalue weighted by atomic mass is 9.89. The van der Waals surface area contributed by atoms with Crippen molar-refractivity contribution in [3.05, 3.63) is 71.3 Å². The largest absolute Gasteiger partial charge is 0.508 e. The minimum absolute atomic E-state index is 0.303. The van der Waals surface area contributed by atoms with E-state index in [2.05, 4.69) is 25.1 Å². The number of phenols is 2. The Morgan fingerprint density at radius 1 is 0.741 bits per heavy atom. The average Bonchev–Trinajstić information content (AvgIpc) is 2.70. The molecule has 2 heteroatoms. The van der Waals surface area contributed by atoms with Gasteiger partial charge in [0.15, 0.2) is 0 Å². The number of allylic oxidation sites excluding steroid dienone is 4. The van der Waals surface area contributed by atoms with E-state index in [9.17, 15) is 10.2 Å². The van der Waals surface area contributed by atoms with Gasteiger partial charge in [0, 0.05) is 0 Å². The van der Waals surface area contributed by atoms with E-state index < -0.39 is 0 Å². The van der Waals surface area contributed by atoms with Crippen molar-refractivity contribution in [2.24, 2.45) is 0 Å². The van der Waals surface area contributed by atoms with Crippen molar-refractivity contribution in [3.63, 3.8) is 0 Å². The van der Waals surface area contributed by atoms with Gasteiger partial charge >= 0.3 is 0 Å². The third-order valence-corrected chi connectivity index (χ3v) is 5.39. The van der Waals surface area contributed by atoms with Crippen molar-refractivity contribution in [2.75, 3.05) is 0 Å². The van der Waals surface area contributed by atoms with Gasteiger partial charge in [0.05, 0.1) is 0 Å². The Labute approximate surface area is 162 Å². The number of aromatic hydroxyl groups is 2. The summed E-state index contributed by atoms with van der Waals surface area (Å²) in [7, 11) is 0. The van der Waals surface area contributed by atoms with Crippen LogP contribution in [0.3, 0.4) is 0 Å². The number of hydrogen-bond donors (Lipinski definition) is 2. The van der Waals surface area contributed by atoms with Crippen LogP contribution >= 0.6 is 0 Å². The number of unbranched alkanes of at least 4 members (excludes halogenated alkanes) is 4. The second-order valence-electron chi connectivity index (χ2n) is 7.44. The molecule has 1 aliphatic carbocycles. The van der Waals surface area contributed by atoms with Gasteiger partial charge < -0.3 is 10.2 Å². The molecule has 0 radical (unpaired) electrons. The Morgan fingerprint density at radius 3 is 2.04 bits per heavy atom. The molecule has 2 aromatic carbocycles. The summed E-state index contributed by atoms with van der Waals surface area (Å²) in [6.07, 6.45) is 13.5. The van der Waals surface area contributed by atoms with Crippen LogP contribution in [0.4, 0.5) is 0 Å². The van der Waals surface area contributed by atoms with Crippen molar-refractivity contribution < 1.29 is 10.2 Å². The van der Waals surface area contributed by atoms with Crippen LogP contribution in [0.1, 0.15) is 68.6 Å². The predicted molar refractivity (Wildman–Crippen MR) is 114 cm³/mol. The first-order valence-electron chi connectivity index (χ1n) is 10.2. The molecule has 0 fully saturated rings. The lowest BCUT2D eigenvalue weighted by Crippen LogP contribution is -1.95. The molecule has 0 saturated carbocycles. The maximum Gasteiger partial charge on any atom is 0.118 e. The van der Waals surface area contributed by atoms with Crippen molar-refractivity contribution in [2.45, 2.75) is 58.3 Å². The molecule has 0 spiro atoms. The fraction of sp³-hybridized carbons (Fsp3) is 0.360. The highest BCUT2D eigenvalue weighted by Crippen LogP contribution is 2.34. The summed E-state index contributed by atoms with van der Waals surface area (Å²) in [4.78, 5) is 0. The summed E-state index contributed by atoms with van der Waals surface area (Å²) in [5.41, 5.74) is 6.08. The van der Waals surface area contributed by atoms with E-state index in [0.29, 0.717) is 11.5 Å². The molecule has 2 aromatic rings. The van der Waals surface area contributed by atoms with Crippen LogP contribution in [0.5, 0.6) is 11.5 Å². The van der Waals surface area contributed by atoms with E-state index in [0.717, 1.165) is 31.2 Å². The summed E-state index contributed by atoms with van der Waals surface area (Å²) >= 11 is 0. The first-order chi connectivity index (χ1) is 13.2. The molecular weight excluding hydrogens is 332 g/mol. The fourth-order valence-electron chi connectivity index (χ4n) is 3.70. The number of hydrogen-bond acceptors (Lipinski definition) is 2. The van der Waals surface area contributed by atoms with Gasteiger partial charge in [-0.15, -0.1) is 0 Å². The van der Waals surface area contributed by atoms with E-state index >= 15 is 0 Å². The third-order valence-electron chi connectivity index (χ3n) is 5.39. The van der Waals surface area contributed by atoms with Crippen LogP contribution in [-0.4, -0.2) is 10.2 Å². The third kappa shape index (κ3) is 5.26. The highest BCUT2D eigenvalue weighted by atomic mass is 16.3. The topological polar surface area (TPSA) is 40.5 Å². The highest BCUT2D eigenvalue weighted by molar-refractivity contribution is 5.78. The molecule has 0 saturated heterocycles. The number of phenolic OH excluding ortho intramolecular Hbond substituents is 2. The molecule has 0 aromatic heterocycles. The first kappa shape index (κ1) is 19.3. The first-order valence-corrected chi connectivity index (χ1v) is 10.2. The summed E-state index contributed by atoms with van der Waals surface area (Å²) in [5, 5.41) is 19.6. The Hall–Kier alpha value is -2.48. The molecule has 142 valence electrons. The van der Waals surface area contributed by atoms with Crippen molar-refractivity contribution >= 4 is 11.1 Å².